The molecule has 2 heterocycles. The molecule has 1 aliphatic heterocycles. The minimum atomic E-state index is -0.00555. The fraction of sp³-hybridized carbons (Fsp3) is 0.312. The van der Waals surface area contributed by atoms with Gasteiger partial charge >= 0.3 is 0 Å². The number of carbonyl (C=O) groups excluding carboxylic acids is 1. The van der Waals surface area contributed by atoms with Gasteiger partial charge in [-0.2, -0.15) is 0 Å². The summed E-state index contributed by atoms with van der Waals surface area (Å²) in [5.41, 5.74) is 2.45. The van der Waals surface area contributed by atoms with E-state index in [4.69, 9.17) is 4.42 Å². The number of hydrogen-bond acceptors (Lipinski definition) is 2. The van der Waals surface area contributed by atoms with Gasteiger partial charge in [0, 0.05) is 6.54 Å². The molecule has 1 aromatic heterocycles. The van der Waals surface area contributed by atoms with Gasteiger partial charge in [-0.3, -0.25) is 4.79 Å². The van der Waals surface area contributed by atoms with E-state index < -0.39 is 0 Å². The van der Waals surface area contributed by atoms with Crippen molar-refractivity contribution in [2.45, 2.75) is 25.8 Å². The summed E-state index contributed by atoms with van der Waals surface area (Å²) in [5.74, 6) is 0.425. The van der Waals surface area contributed by atoms with Crippen LogP contribution in [0, 0.1) is 6.92 Å². The average molecular weight is 255 g/mol. The quantitative estimate of drug-likeness (QED) is 0.822. The van der Waals surface area contributed by atoms with E-state index in [-0.39, 0.29) is 11.9 Å². The Morgan fingerprint density at radius 2 is 2.21 bits per heavy atom. The second-order valence-electron chi connectivity index (χ2n) is 5.05. The summed E-state index contributed by atoms with van der Waals surface area (Å²) in [7, 11) is 0. The summed E-state index contributed by atoms with van der Waals surface area (Å²) in [6, 6.07) is 12.1. The van der Waals surface area contributed by atoms with Crippen LogP contribution >= 0.6 is 0 Å². The van der Waals surface area contributed by atoms with E-state index in [9.17, 15) is 4.79 Å². The zero-order valence-corrected chi connectivity index (χ0v) is 11.0. The van der Waals surface area contributed by atoms with Crippen molar-refractivity contribution >= 4 is 5.91 Å². The van der Waals surface area contributed by atoms with Crippen molar-refractivity contribution in [3.05, 3.63) is 59.5 Å². The zero-order valence-electron chi connectivity index (χ0n) is 11.0. The average Bonchev–Trinajstić information content (AvgIpc) is 3.09. The molecule has 3 heteroatoms. The highest BCUT2D eigenvalue weighted by molar-refractivity contribution is 5.91. The fourth-order valence-corrected chi connectivity index (χ4v) is 2.78. The maximum atomic E-state index is 12.4. The third-order valence-electron chi connectivity index (χ3n) is 3.67. The molecule has 19 heavy (non-hydrogen) atoms. The maximum Gasteiger partial charge on any atom is 0.290 e. The molecule has 0 unspecified atom stereocenters. The lowest BCUT2D eigenvalue weighted by Crippen LogP contribution is -2.30. The molecule has 3 nitrogen and oxygen atoms in total. The van der Waals surface area contributed by atoms with Crippen molar-refractivity contribution in [1.29, 1.82) is 0 Å². The molecule has 0 bridgehead atoms. The number of amides is 1. The first-order valence-corrected chi connectivity index (χ1v) is 6.67. The van der Waals surface area contributed by atoms with Crippen molar-refractivity contribution in [1.82, 2.24) is 4.90 Å². The van der Waals surface area contributed by atoms with Gasteiger partial charge in [0.05, 0.1) is 12.3 Å². The highest BCUT2D eigenvalue weighted by atomic mass is 16.3. The third kappa shape index (κ3) is 2.28. The number of aryl methyl sites for hydroxylation is 1. The van der Waals surface area contributed by atoms with Crippen molar-refractivity contribution < 1.29 is 9.21 Å². The number of carbonyl (C=O) groups is 1. The van der Waals surface area contributed by atoms with E-state index in [2.05, 4.69) is 31.2 Å². The molecule has 1 aromatic carbocycles. The van der Waals surface area contributed by atoms with E-state index in [1.54, 1.807) is 18.4 Å². The summed E-state index contributed by atoms with van der Waals surface area (Å²) in [6.45, 7) is 2.88. The molecule has 3 rings (SSSR count). The van der Waals surface area contributed by atoms with Gasteiger partial charge in [0.1, 0.15) is 0 Å². The fourth-order valence-electron chi connectivity index (χ4n) is 2.78. The van der Waals surface area contributed by atoms with Crippen LogP contribution in [0.15, 0.2) is 47.1 Å². The summed E-state index contributed by atoms with van der Waals surface area (Å²) >= 11 is 0. The smallest absolute Gasteiger partial charge is 0.290 e. The topological polar surface area (TPSA) is 33.5 Å². The van der Waals surface area contributed by atoms with Gasteiger partial charge in [-0.25, -0.2) is 0 Å². The van der Waals surface area contributed by atoms with Crippen molar-refractivity contribution in [2.24, 2.45) is 0 Å². The SMILES string of the molecule is Cc1cccc([C@H]2CCCN2C(=O)c2ccco2)c1. The Hall–Kier alpha value is -2.03. The van der Waals surface area contributed by atoms with Crippen LogP contribution in [0.2, 0.25) is 0 Å². The summed E-state index contributed by atoms with van der Waals surface area (Å²) in [4.78, 5) is 14.3. The zero-order chi connectivity index (χ0) is 13.2. The Labute approximate surface area is 112 Å². The maximum absolute atomic E-state index is 12.4. The van der Waals surface area contributed by atoms with Crippen LogP contribution < -0.4 is 0 Å². The standard InChI is InChI=1S/C16H17NO2/c1-12-5-2-6-13(11-12)14-7-3-9-17(14)16(18)15-8-4-10-19-15/h2,4-6,8,10-11,14H,3,7,9H2,1H3/t14-/m1/s1. The largest absolute Gasteiger partial charge is 0.459 e. The first kappa shape index (κ1) is 12.0. The van der Waals surface area contributed by atoms with Gasteiger partial charge in [-0.05, 0) is 37.5 Å². The summed E-state index contributed by atoms with van der Waals surface area (Å²) < 4.78 is 5.22. The normalized spacial score (nSPS) is 18.8. The van der Waals surface area contributed by atoms with Gasteiger partial charge < -0.3 is 9.32 Å². The van der Waals surface area contributed by atoms with Crippen molar-refractivity contribution in [3.63, 3.8) is 0 Å². The Bertz CT molecular complexity index is 574. The van der Waals surface area contributed by atoms with E-state index in [0.29, 0.717) is 5.76 Å². The molecule has 1 atom stereocenters. The van der Waals surface area contributed by atoms with Crippen LogP contribution in [0.25, 0.3) is 0 Å². The predicted octanol–water partition coefficient (Wildman–Crippen LogP) is 3.57. The number of furan rings is 1. The number of benzene rings is 1. The van der Waals surface area contributed by atoms with Crippen LogP contribution in [-0.2, 0) is 0 Å². The molecule has 1 saturated heterocycles. The Kier molecular flexibility index (Phi) is 3.11. The molecule has 0 spiro atoms. The van der Waals surface area contributed by atoms with Gasteiger partial charge in [0.25, 0.3) is 5.91 Å². The van der Waals surface area contributed by atoms with Crippen molar-refractivity contribution in [3.8, 4) is 0 Å². The highest BCUT2D eigenvalue weighted by Crippen LogP contribution is 2.33. The number of nitrogens with zero attached hydrogens (tertiary/aromatic N) is 1. The lowest BCUT2D eigenvalue weighted by Gasteiger charge is -2.24. The van der Waals surface area contributed by atoms with Crippen LogP contribution in [0.1, 0.15) is 40.6 Å². The number of hydrogen-bond donors (Lipinski definition) is 0. The lowest BCUT2D eigenvalue weighted by atomic mass is 10.0. The monoisotopic (exact) mass is 255 g/mol. The molecule has 0 N–H and O–H groups in total. The highest BCUT2D eigenvalue weighted by Gasteiger charge is 2.31. The molecule has 1 fully saturated rings. The van der Waals surface area contributed by atoms with Gasteiger partial charge in [0.15, 0.2) is 5.76 Å². The Morgan fingerprint density at radius 3 is 2.95 bits per heavy atom. The summed E-state index contributed by atoms with van der Waals surface area (Å²) in [6.07, 6.45) is 3.62. The van der Waals surface area contributed by atoms with Gasteiger partial charge in [0.2, 0.25) is 0 Å². The lowest BCUT2D eigenvalue weighted by molar-refractivity contribution is 0.0703. The van der Waals surface area contributed by atoms with Gasteiger partial charge in [-0.1, -0.05) is 29.8 Å². The molecule has 0 saturated carbocycles. The molecule has 98 valence electrons. The molecule has 0 radical (unpaired) electrons. The molecular formula is C16H17NO2. The van der Waals surface area contributed by atoms with E-state index in [1.165, 1.54) is 11.1 Å². The molecule has 1 aliphatic rings. The van der Waals surface area contributed by atoms with E-state index >= 15 is 0 Å². The summed E-state index contributed by atoms with van der Waals surface area (Å²) in [5, 5.41) is 0. The van der Waals surface area contributed by atoms with Gasteiger partial charge in [-0.15, -0.1) is 0 Å². The third-order valence-corrected chi connectivity index (χ3v) is 3.67. The Balaban J connectivity index is 1.88. The second kappa shape index (κ2) is 4.92. The van der Waals surface area contributed by atoms with Crippen LogP contribution in [0.3, 0.4) is 0 Å². The van der Waals surface area contributed by atoms with Crippen LogP contribution in [0.4, 0.5) is 0 Å². The Morgan fingerprint density at radius 1 is 1.32 bits per heavy atom. The number of rotatable bonds is 2. The first-order valence-electron chi connectivity index (χ1n) is 6.67. The van der Waals surface area contributed by atoms with Crippen LogP contribution in [0.5, 0.6) is 0 Å². The first-order chi connectivity index (χ1) is 9.25. The van der Waals surface area contributed by atoms with E-state index in [0.717, 1.165) is 19.4 Å². The molecule has 0 aliphatic carbocycles. The van der Waals surface area contributed by atoms with E-state index in [1.807, 2.05) is 4.90 Å². The minimum Gasteiger partial charge on any atom is -0.459 e. The van der Waals surface area contributed by atoms with Crippen LogP contribution in [-0.4, -0.2) is 17.4 Å². The molecule has 2 aromatic rings. The predicted molar refractivity (Wildman–Crippen MR) is 72.9 cm³/mol. The second-order valence-corrected chi connectivity index (χ2v) is 5.05. The number of likely N-dealkylation sites (tertiary alicyclic amines) is 1. The van der Waals surface area contributed by atoms with Crippen molar-refractivity contribution in [2.75, 3.05) is 6.54 Å². The minimum absolute atomic E-state index is 0.00555. The molecular weight excluding hydrogens is 238 g/mol. The molecule has 1 amide bonds.